The predicted octanol–water partition coefficient (Wildman–Crippen LogP) is 0.819. The molecule has 3 amide bonds. The summed E-state index contributed by atoms with van der Waals surface area (Å²) in [7, 11) is 0. The van der Waals surface area contributed by atoms with Gasteiger partial charge in [-0.05, 0) is 18.6 Å². The molecule has 1 aromatic carbocycles. The lowest BCUT2D eigenvalue weighted by Crippen LogP contribution is -2.42. The van der Waals surface area contributed by atoms with Gasteiger partial charge in [0.05, 0.1) is 11.3 Å². The van der Waals surface area contributed by atoms with Crippen molar-refractivity contribution in [2.45, 2.75) is 18.9 Å². The fraction of sp³-hybridized carbons (Fsp3) is 0.267. The zero-order valence-electron chi connectivity index (χ0n) is 11.5. The van der Waals surface area contributed by atoms with Gasteiger partial charge in [0.25, 0.3) is 5.91 Å². The first-order valence-electron chi connectivity index (χ1n) is 6.70. The Hall–Kier alpha value is -2.63. The van der Waals surface area contributed by atoms with E-state index >= 15 is 0 Å². The summed E-state index contributed by atoms with van der Waals surface area (Å²) >= 11 is 0. The first-order valence-corrected chi connectivity index (χ1v) is 6.70. The normalized spacial score (nSPS) is 17.0. The number of anilines is 1. The SMILES string of the molecule is C=CCNC(=O)CC[C@@H]1NC(=O)c2ccccc2NC1=O. The lowest BCUT2D eigenvalue weighted by atomic mass is 10.1. The lowest BCUT2D eigenvalue weighted by Gasteiger charge is -2.14. The van der Waals surface area contributed by atoms with Crippen LogP contribution in [0, 0.1) is 0 Å². The minimum Gasteiger partial charge on any atom is -0.353 e. The van der Waals surface area contributed by atoms with E-state index in [0.717, 1.165) is 0 Å². The van der Waals surface area contributed by atoms with Crippen LogP contribution >= 0.6 is 0 Å². The fourth-order valence-electron chi connectivity index (χ4n) is 2.06. The Bertz CT molecular complexity index is 583. The molecule has 6 nitrogen and oxygen atoms in total. The summed E-state index contributed by atoms with van der Waals surface area (Å²) in [4.78, 5) is 35.7. The maximum Gasteiger partial charge on any atom is 0.254 e. The highest BCUT2D eigenvalue weighted by atomic mass is 16.2. The van der Waals surface area contributed by atoms with Crippen molar-refractivity contribution in [3.05, 3.63) is 42.5 Å². The number of fused-ring (bicyclic) bond motifs is 1. The third-order valence-electron chi connectivity index (χ3n) is 3.16. The molecule has 110 valence electrons. The third kappa shape index (κ3) is 3.68. The average molecular weight is 287 g/mol. The molecule has 0 aromatic heterocycles. The van der Waals surface area contributed by atoms with Gasteiger partial charge in [0.2, 0.25) is 11.8 Å². The van der Waals surface area contributed by atoms with E-state index in [0.29, 0.717) is 17.8 Å². The van der Waals surface area contributed by atoms with Crippen molar-refractivity contribution in [2.24, 2.45) is 0 Å². The fourth-order valence-corrected chi connectivity index (χ4v) is 2.06. The molecule has 0 aliphatic carbocycles. The molecule has 21 heavy (non-hydrogen) atoms. The van der Waals surface area contributed by atoms with E-state index in [1.807, 2.05) is 0 Å². The first-order chi connectivity index (χ1) is 10.1. The van der Waals surface area contributed by atoms with E-state index in [-0.39, 0.29) is 30.6 Å². The molecule has 3 N–H and O–H groups in total. The molecule has 1 aliphatic heterocycles. The molecule has 1 aromatic rings. The summed E-state index contributed by atoms with van der Waals surface area (Å²) in [5.74, 6) is -0.816. The van der Waals surface area contributed by atoms with Gasteiger partial charge in [-0.15, -0.1) is 6.58 Å². The van der Waals surface area contributed by atoms with Crippen LogP contribution in [0.2, 0.25) is 0 Å². The monoisotopic (exact) mass is 287 g/mol. The van der Waals surface area contributed by atoms with Crippen LogP contribution in [-0.4, -0.2) is 30.3 Å². The molecular formula is C15H17N3O3. The number of hydrogen-bond acceptors (Lipinski definition) is 3. The number of carbonyl (C=O) groups excluding carboxylic acids is 3. The lowest BCUT2D eigenvalue weighted by molar-refractivity contribution is -0.121. The Morgan fingerprint density at radius 1 is 1.33 bits per heavy atom. The van der Waals surface area contributed by atoms with Gasteiger partial charge in [0.1, 0.15) is 6.04 Å². The number of rotatable bonds is 5. The summed E-state index contributed by atoms with van der Waals surface area (Å²) in [6.45, 7) is 3.89. The first kappa shape index (κ1) is 14.8. The van der Waals surface area contributed by atoms with Crippen LogP contribution < -0.4 is 16.0 Å². The van der Waals surface area contributed by atoms with Crippen molar-refractivity contribution in [2.75, 3.05) is 11.9 Å². The number of nitrogens with one attached hydrogen (secondary N) is 3. The van der Waals surface area contributed by atoms with Gasteiger partial charge in [-0.25, -0.2) is 0 Å². The van der Waals surface area contributed by atoms with Crippen LogP contribution in [0.1, 0.15) is 23.2 Å². The molecule has 1 atom stereocenters. The van der Waals surface area contributed by atoms with E-state index in [2.05, 4.69) is 22.5 Å². The van der Waals surface area contributed by atoms with Crippen LogP contribution in [0.5, 0.6) is 0 Å². The second-order valence-corrected chi connectivity index (χ2v) is 4.69. The third-order valence-corrected chi connectivity index (χ3v) is 3.16. The maximum absolute atomic E-state index is 12.1. The molecular weight excluding hydrogens is 270 g/mol. The molecule has 0 unspecified atom stereocenters. The van der Waals surface area contributed by atoms with Gasteiger partial charge in [-0.1, -0.05) is 18.2 Å². The number of hydrogen-bond donors (Lipinski definition) is 3. The zero-order valence-corrected chi connectivity index (χ0v) is 11.5. The molecule has 2 rings (SSSR count). The Balaban J connectivity index is 2.00. The quantitative estimate of drug-likeness (QED) is 0.701. The summed E-state index contributed by atoms with van der Waals surface area (Å²) in [5.41, 5.74) is 0.906. The molecule has 1 aliphatic rings. The molecule has 0 radical (unpaired) electrons. The van der Waals surface area contributed by atoms with Crippen molar-refractivity contribution in [3.8, 4) is 0 Å². The minimum atomic E-state index is -0.723. The Morgan fingerprint density at radius 3 is 2.86 bits per heavy atom. The van der Waals surface area contributed by atoms with E-state index < -0.39 is 6.04 Å². The van der Waals surface area contributed by atoms with Crippen LogP contribution in [0.3, 0.4) is 0 Å². The van der Waals surface area contributed by atoms with Crippen molar-refractivity contribution in [1.82, 2.24) is 10.6 Å². The van der Waals surface area contributed by atoms with Gasteiger partial charge in [-0.2, -0.15) is 0 Å². The van der Waals surface area contributed by atoms with E-state index in [9.17, 15) is 14.4 Å². The van der Waals surface area contributed by atoms with Crippen LogP contribution in [0.15, 0.2) is 36.9 Å². The number of para-hydroxylation sites is 1. The number of benzene rings is 1. The van der Waals surface area contributed by atoms with E-state index in [1.165, 1.54) is 0 Å². The summed E-state index contributed by atoms with van der Waals surface area (Å²) in [6.07, 6.45) is 1.98. The van der Waals surface area contributed by atoms with Gasteiger partial charge >= 0.3 is 0 Å². The highest BCUT2D eigenvalue weighted by molar-refractivity contribution is 6.09. The van der Waals surface area contributed by atoms with Gasteiger partial charge in [0.15, 0.2) is 0 Å². The molecule has 0 saturated carbocycles. The second-order valence-electron chi connectivity index (χ2n) is 4.69. The van der Waals surface area contributed by atoms with Crippen LogP contribution in [-0.2, 0) is 9.59 Å². The maximum atomic E-state index is 12.1. The van der Waals surface area contributed by atoms with Gasteiger partial charge in [0, 0.05) is 13.0 Å². The molecule has 0 fully saturated rings. The van der Waals surface area contributed by atoms with Crippen molar-refractivity contribution >= 4 is 23.4 Å². The topological polar surface area (TPSA) is 87.3 Å². The van der Waals surface area contributed by atoms with E-state index in [4.69, 9.17) is 0 Å². The van der Waals surface area contributed by atoms with E-state index in [1.54, 1.807) is 30.3 Å². The molecule has 0 bridgehead atoms. The molecule has 6 heteroatoms. The van der Waals surface area contributed by atoms with Crippen molar-refractivity contribution in [1.29, 1.82) is 0 Å². The second kappa shape index (κ2) is 6.69. The Kier molecular flexibility index (Phi) is 4.71. The average Bonchev–Trinajstić information content (AvgIpc) is 2.60. The summed E-state index contributed by atoms with van der Waals surface area (Å²) < 4.78 is 0. The summed E-state index contributed by atoms with van der Waals surface area (Å²) in [5, 5.41) is 7.97. The number of carbonyl (C=O) groups is 3. The minimum absolute atomic E-state index is 0.155. The zero-order chi connectivity index (χ0) is 15.2. The smallest absolute Gasteiger partial charge is 0.254 e. The van der Waals surface area contributed by atoms with Gasteiger partial charge in [-0.3, -0.25) is 14.4 Å². The molecule has 1 heterocycles. The highest BCUT2D eigenvalue weighted by Crippen LogP contribution is 2.19. The highest BCUT2D eigenvalue weighted by Gasteiger charge is 2.27. The Labute approximate surface area is 122 Å². The standard InChI is InChI=1S/C15H17N3O3/c1-2-9-16-13(19)8-7-12-15(21)17-11-6-4-3-5-10(11)14(20)18-12/h2-6,12H,1,7-9H2,(H,16,19)(H,17,21)(H,18,20)/t12-/m0/s1. The van der Waals surface area contributed by atoms with Crippen LogP contribution in [0.4, 0.5) is 5.69 Å². The van der Waals surface area contributed by atoms with Crippen LogP contribution in [0.25, 0.3) is 0 Å². The van der Waals surface area contributed by atoms with Gasteiger partial charge < -0.3 is 16.0 Å². The van der Waals surface area contributed by atoms with Crippen molar-refractivity contribution in [3.63, 3.8) is 0 Å². The van der Waals surface area contributed by atoms with Crippen molar-refractivity contribution < 1.29 is 14.4 Å². The molecule has 0 saturated heterocycles. The number of amides is 3. The molecule has 0 spiro atoms. The predicted molar refractivity (Wildman–Crippen MR) is 78.8 cm³/mol. The Morgan fingerprint density at radius 2 is 2.10 bits per heavy atom. The largest absolute Gasteiger partial charge is 0.353 e. The summed E-state index contributed by atoms with van der Waals surface area (Å²) in [6, 6.07) is 6.07.